The number of benzene rings is 1. The predicted molar refractivity (Wildman–Crippen MR) is 74.8 cm³/mol. The van der Waals surface area contributed by atoms with Crippen molar-refractivity contribution in [3.63, 3.8) is 0 Å². The second-order valence-corrected chi connectivity index (χ2v) is 6.29. The lowest BCUT2D eigenvalue weighted by atomic mass is 10.1. The van der Waals surface area contributed by atoms with Crippen LogP contribution in [0.25, 0.3) is 0 Å². The summed E-state index contributed by atoms with van der Waals surface area (Å²) in [5.74, 6) is 3.89. The lowest BCUT2D eigenvalue weighted by Gasteiger charge is -2.20. The number of halogens is 2. The molecule has 0 bridgehead atoms. The Morgan fingerprint density at radius 1 is 1.44 bits per heavy atom. The zero-order valence-corrected chi connectivity index (χ0v) is 11.9. The van der Waals surface area contributed by atoms with Crippen LogP contribution in [-0.4, -0.2) is 18.1 Å². The van der Waals surface area contributed by atoms with Crippen molar-refractivity contribution in [1.29, 1.82) is 0 Å². The molecule has 100 valence electrons. The Balaban J connectivity index is 2.00. The van der Waals surface area contributed by atoms with Gasteiger partial charge in [-0.25, -0.2) is 8.78 Å². The van der Waals surface area contributed by atoms with E-state index >= 15 is 0 Å². The zero-order chi connectivity index (χ0) is 13.0. The summed E-state index contributed by atoms with van der Waals surface area (Å²) in [5.41, 5.74) is 3.59. The van der Waals surface area contributed by atoms with Crippen LogP contribution in [0.1, 0.15) is 23.1 Å². The lowest BCUT2D eigenvalue weighted by Crippen LogP contribution is -2.06. The maximum atomic E-state index is 12.1. The second-order valence-electron chi connectivity index (χ2n) is 4.26. The van der Waals surface area contributed by atoms with Gasteiger partial charge in [-0.05, 0) is 12.7 Å². The van der Waals surface area contributed by atoms with E-state index in [4.69, 9.17) is 4.74 Å². The highest BCUT2D eigenvalue weighted by atomic mass is 32.2. The Morgan fingerprint density at radius 3 is 3.06 bits per heavy atom. The van der Waals surface area contributed by atoms with Gasteiger partial charge in [-0.1, -0.05) is 17.7 Å². The van der Waals surface area contributed by atoms with E-state index in [1.165, 1.54) is 11.1 Å². The number of ether oxygens (including phenoxy) is 1. The molecule has 1 aliphatic heterocycles. The van der Waals surface area contributed by atoms with Gasteiger partial charge < -0.3 is 4.74 Å². The molecular formula is C13H16F2OS2. The van der Waals surface area contributed by atoms with Crippen molar-refractivity contribution in [2.24, 2.45) is 0 Å². The molecule has 1 aromatic rings. The topological polar surface area (TPSA) is 9.23 Å². The summed E-state index contributed by atoms with van der Waals surface area (Å²) in [7, 11) is 0. The van der Waals surface area contributed by atoms with E-state index < -0.39 is 6.43 Å². The lowest BCUT2D eigenvalue weighted by molar-refractivity contribution is 0.145. The molecule has 5 heteroatoms. The van der Waals surface area contributed by atoms with Crippen LogP contribution in [0.5, 0.6) is 5.75 Å². The molecule has 1 heterocycles. The van der Waals surface area contributed by atoms with Crippen molar-refractivity contribution in [3.05, 3.63) is 28.8 Å². The van der Waals surface area contributed by atoms with Crippen molar-refractivity contribution in [1.82, 2.24) is 0 Å². The molecule has 0 aromatic heterocycles. The minimum Gasteiger partial charge on any atom is -0.482 e. The first-order chi connectivity index (χ1) is 8.66. The van der Waals surface area contributed by atoms with Crippen LogP contribution in [0, 0.1) is 6.92 Å². The Morgan fingerprint density at radius 2 is 2.28 bits per heavy atom. The Hall–Kier alpha value is -0.420. The van der Waals surface area contributed by atoms with E-state index in [1.54, 1.807) is 23.5 Å². The molecule has 2 rings (SSSR count). The Bertz CT molecular complexity index is 410. The summed E-state index contributed by atoms with van der Waals surface area (Å²) in [6, 6.07) is 4.25. The first kappa shape index (κ1) is 14.0. The minimum atomic E-state index is -2.20. The zero-order valence-electron chi connectivity index (χ0n) is 10.2. The van der Waals surface area contributed by atoms with Gasteiger partial charge in [0.1, 0.15) is 11.7 Å². The van der Waals surface area contributed by atoms with Crippen LogP contribution in [0.3, 0.4) is 0 Å². The average molecular weight is 290 g/mol. The molecule has 0 amide bonds. The summed E-state index contributed by atoms with van der Waals surface area (Å²) in [5, 5.41) is 0. The fraction of sp³-hybridized carbons (Fsp3) is 0.538. The number of hydrogen-bond acceptors (Lipinski definition) is 3. The van der Waals surface area contributed by atoms with Gasteiger partial charge in [0.25, 0.3) is 0 Å². The third-order valence-corrected chi connectivity index (χ3v) is 4.51. The number of aryl methyl sites for hydroxylation is 1. The monoisotopic (exact) mass is 290 g/mol. The summed E-state index contributed by atoms with van der Waals surface area (Å²) in [6.07, 6.45) is -2.23. The molecule has 0 atom stereocenters. The smallest absolute Gasteiger partial charge is 0.239 e. The van der Waals surface area contributed by atoms with Crippen LogP contribution in [-0.2, 0) is 11.5 Å². The molecule has 0 spiro atoms. The molecule has 0 saturated carbocycles. The molecule has 0 aliphatic carbocycles. The molecule has 1 aromatic carbocycles. The summed E-state index contributed by atoms with van der Waals surface area (Å²) < 4.78 is 29.8. The van der Waals surface area contributed by atoms with Crippen molar-refractivity contribution < 1.29 is 13.5 Å². The Labute approximate surface area is 115 Å². The predicted octanol–water partition coefficient (Wildman–Crippen LogP) is 4.47. The molecule has 0 radical (unpaired) electrons. The van der Waals surface area contributed by atoms with Crippen molar-refractivity contribution in [2.45, 2.75) is 31.3 Å². The SMILES string of the molecule is Cc1cc(CSCCC(F)F)c2c(c1)CSCO2. The first-order valence-electron chi connectivity index (χ1n) is 5.85. The highest BCUT2D eigenvalue weighted by Gasteiger charge is 2.15. The van der Waals surface area contributed by atoms with Gasteiger partial charge >= 0.3 is 0 Å². The number of fused-ring (bicyclic) bond motifs is 1. The molecule has 18 heavy (non-hydrogen) atoms. The van der Waals surface area contributed by atoms with Crippen LogP contribution < -0.4 is 4.74 Å². The first-order valence-corrected chi connectivity index (χ1v) is 8.16. The van der Waals surface area contributed by atoms with Gasteiger partial charge in [0, 0.05) is 29.1 Å². The van der Waals surface area contributed by atoms with Crippen LogP contribution in [0.4, 0.5) is 8.78 Å². The molecule has 0 N–H and O–H groups in total. The van der Waals surface area contributed by atoms with Gasteiger partial charge in [-0.2, -0.15) is 11.8 Å². The van der Waals surface area contributed by atoms with Crippen LogP contribution in [0.2, 0.25) is 0 Å². The van der Waals surface area contributed by atoms with Gasteiger partial charge in [0.05, 0.1) is 0 Å². The van der Waals surface area contributed by atoms with E-state index in [-0.39, 0.29) is 6.42 Å². The molecule has 1 nitrogen and oxygen atoms in total. The number of rotatable bonds is 5. The standard InChI is InChI=1S/C13H16F2OS2/c1-9-4-10(6-17-3-2-12(14)15)13-11(5-9)7-18-8-16-13/h4-5,12H,2-3,6-8H2,1H3. The van der Waals surface area contributed by atoms with Gasteiger partial charge in [0.15, 0.2) is 0 Å². The summed E-state index contributed by atoms with van der Waals surface area (Å²) in [6.45, 7) is 2.06. The van der Waals surface area contributed by atoms with Gasteiger partial charge in [-0.15, -0.1) is 11.8 Å². The minimum absolute atomic E-state index is 0.0324. The average Bonchev–Trinajstić information content (AvgIpc) is 2.34. The third-order valence-electron chi connectivity index (χ3n) is 2.67. The third kappa shape index (κ3) is 3.79. The molecule has 0 fully saturated rings. The second kappa shape index (κ2) is 6.66. The van der Waals surface area contributed by atoms with E-state index in [0.29, 0.717) is 11.7 Å². The highest BCUT2D eigenvalue weighted by molar-refractivity contribution is 7.98. The fourth-order valence-electron chi connectivity index (χ4n) is 1.94. The van der Waals surface area contributed by atoms with Crippen molar-refractivity contribution in [3.8, 4) is 5.75 Å². The maximum absolute atomic E-state index is 12.1. The molecule has 1 aliphatic rings. The number of hydrogen-bond donors (Lipinski definition) is 0. The summed E-state index contributed by atoms with van der Waals surface area (Å²) >= 11 is 3.31. The highest BCUT2D eigenvalue weighted by Crippen LogP contribution is 2.35. The summed E-state index contributed by atoms with van der Waals surface area (Å²) in [4.78, 5) is 0. The van der Waals surface area contributed by atoms with Crippen molar-refractivity contribution >= 4 is 23.5 Å². The van der Waals surface area contributed by atoms with E-state index in [1.807, 2.05) is 0 Å². The normalized spacial score (nSPS) is 14.4. The molecular weight excluding hydrogens is 274 g/mol. The van der Waals surface area contributed by atoms with Crippen LogP contribution in [0.15, 0.2) is 12.1 Å². The van der Waals surface area contributed by atoms with Crippen LogP contribution >= 0.6 is 23.5 Å². The molecule has 0 saturated heterocycles. The Kier molecular flexibility index (Phi) is 5.18. The van der Waals surface area contributed by atoms with Crippen molar-refractivity contribution in [2.75, 3.05) is 11.7 Å². The van der Waals surface area contributed by atoms with Gasteiger partial charge in [0.2, 0.25) is 6.43 Å². The number of alkyl halides is 2. The maximum Gasteiger partial charge on any atom is 0.239 e. The quantitative estimate of drug-likeness (QED) is 0.741. The number of thioether (sulfide) groups is 2. The van der Waals surface area contributed by atoms with E-state index in [0.717, 1.165) is 22.8 Å². The molecule has 0 unspecified atom stereocenters. The largest absolute Gasteiger partial charge is 0.482 e. The fourth-order valence-corrected chi connectivity index (χ4v) is 3.58. The van der Waals surface area contributed by atoms with E-state index in [2.05, 4.69) is 19.1 Å². The van der Waals surface area contributed by atoms with Gasteiger partial charge in [-0.3, -0.25) is 0 Å². The van der Waals surface area contributed by atoms with E-state index in [9.17, 15) is 8.78 Å².